The van der Waals surface area contributed by atoms with Gasteiger partial charge in [-0.2, -0.15) is 0 Å². The summed E-state index contributed by atoms with van der Waals surface area (Å²) in [5.41, 5.74) is 1.25. The van der Waals surface area contributed by atoms with Gasteiger partial charge >= 0.3 is 12.1 Å². The van der Waals surface area contributed by atoms with Crippen molar-refractivity contribution >= 4 is 17.8 Å². The largest absolute Gasteiger partial charge is 0.463 e. The van der Waals surface area contributed by atoms with E-state index in [4.69, 9.17) is 9.47 Å². The van der Waals surface area contributed by atoms with Crippen molar-refractivity contribution in [3.8, 4) is 0 Å². The molecule has 1 aromatic rings. The minimum absolute atomic E-state index is 0.00786. The van der Waals surface area contributed by atoms with Crippen LogP contribution in [0.2, 0.25) is 0 Å². The van der Waals surface area contributed by atoms with Gasteiger partial charge in [0.2, 0.25) is 0 Å². The Balaban J connectivity index is 1.18. The van der Waals surface area contributed by atoms with Crippen molar-refractivity contribution < 1.29 is 23.9 Å². The maximum Gasteiger partial charge on any atom is 0.410 e. The SMILES string of the molecule is CC(=O)OC1CCC2(C)C(CCC3C2CCC2(C)C3CC(=O)C2C(C)C2CCC(C)CN2C(=O)OCc2ccccc2)C1. The Morgan fingerprint density at radius 3 is 2.47 bits per heavy atom. The molecule has 1 amide bonds. The Labute approximate surface area is 258 Å². The zero-order valence-electron chi connectivity index (χ0n) is 27.1. The highest BCUT2D eigenvalue weighted by Gasteiger charge is 2.64. The zero-order chi connectivity index (χ0) is 30.5. The number of amides is 1. The molecule has 5 aliphatic rings. The van der Waals surface area contributed by atoms with Gasteiger partial charge in [0.15, 0.2) is 0 Å². The van der Waals surface area contributed by atoms with E-state index in [0.29, 0.717) is 48.3 Å². The molecule has 0 aromatic heterocycles. The van der Waals surface area contributed by atoms with Gasteiger partial charge in [0.25, 0.3) is 0 Å². The third-order valence-corrected chi connectivity index (χ3v) is 13.3. The van der Waals surface area contributed by atoms with E-state index in [1.165, 1.54) is 26.2 Å². The predicted molar refractivity (Wildman–Crippen MR) is 166 cm³/mol. The number of benzene rings is 1. The van der Waals surface area contributed by atoms with Crippen LogP contribution in [0.1, 0.15) is 104 Å². The van der Waals surface area contributed by atoms with Crippen molar-refractivity contribution in [3.05, 3.63) is 35.9 Å². The Bertz CT molecular complexity index is 1200. The van der Waals surface area contributed by atoms with E-state index in [0.717, 1.165) is 44.1 Å². The van der Waals surface area contributed by atoms with Crippen LogP contribution in [-0.2, 0) is 25.7 Å². The minimum Gasteiger partial charge on any atom is -0.463 e. The van der Waals surface area contributed by atoms with E-state index in [-0.39, 0.29) is 53.5 Å². The molecular formula is C37H53NO5. The maximum absolute atomic E-state index is 14.1. The number of piperidine rings is 1. The van der Waals surface area contributed by atoms with Crippen LogP contribution in [0, 0.1) is 52.3 Å². The third-order valence-electron chi connectivity index (χ3n) is 13.3. The summed E-state index contributed by atoms with van der Waals surface area (Å²) in [4.78, 5) is 41.2. The second-order valence-electron chi connectivity index (χ2n) is 15.7. The van der Waals surface area contributed by atoms with Crippen LogP contribution in [0.5, 0.6) is 0 Å². The van der Waals surface area contributed by atoms with Crippen molar-refractivity contribution in [2.24, 2.45) is 52.3 Å². The Kier molecular flexibility index (Phi) is 8.45. The standard InChI is InChI=1S/C37H53NO5/c1-23-11-14-32(38(21-23)35(41)42-22-26-9-7-6-8-10-26)24(2)34-33(40)20-31-29-13-12-27-19-28(43-25(3)39)15-17-36(27,4)30(29)16-18-37(31,34)5/h6-10,23-24,27-32,34H,11-22H2,1-5H3. The predicted octanol–water partition coefficient (Wildman–Crippen LogP) is 7.83. The lowest BCUT2D eigenvalue weighted by atomic mass is 9.44. The Morgan fingerprint density at radius 2 is 1.72 bits per heavy atom. The Hall–Kier alpha value is -2.37. The van der Waals surface area contributed by atoms with Crippen molar-refractivity contribution in [1.82, 2.24) is 4.90 Å². The molecule has 1 aliphatic heterocycles. The number of nitrogens with zero attached hydrogens (tertiary/aromatic N) is 1. The minimum atomic E-state index is -0.237. The van der Waals surface area contributed by atoms with Crippen molar-refractivity contribution in [1.29, 1.82) is 0 Å². The molecule has 6 rings (SSSR count). The van der Waals surface area contributed by atoms with Gasteiger partial charge in [0.05, 0.1) is 0 Å². The van der Waals surface area contributed by atoms with Crippen molar-refractivity contribution in [3.63, 3.8) is 0 Å². The summed E-state index contributed by atoms with van der Waals surface area (Å²) in [5, 5.41) is 0. The molecule has 0 spiro atoms. The Morgan fingerprint density at radius 1 is 0.977 bits per heavy atom. The van der Waals surface area contributed by atoms with Gasteiger partial charge in [-0.1, -0.05) is 58.0 Å². The molecule has 11 atom stereocenters. The summed E-state index contributed by atoms with van der Waals surface area (Å²) in [6.07, 6.45) is 10.3. The first-order valence-electron chi connectivity index (χ1n) is 17.2. The first-order valence-corrected chi connectivity index (χ1v) is 17.2. The smallest absolute Gasteiger partial charge is 0.410 e. The number of fused-ring (bicyclic) bond motifs is 5. The molecule has 5 fully saturated rings. The molecule has 11 unspecified atom stereocenters. The molecule has 1 aromatic carbocycles. The fourth-order valence-corrected chi connectivity index (χ4v) is 11.2. The van der Waals surface area contributed by atoms with E-state index in [9.17, 15) is 14.4 Å². The highest BCUT2D eigenvalue weighted by atomic mass is 16.6. The number of rotatable bonds is 5. The molecule has 4 aliphatic carbocycles. The second-order valence-corrected chi connectivity index (χ2v) is 15.7. The van der Waals surface area contributed by atoms with Gasteiger partial charge < -0.3 is 14.4 Å². The van der Waals surface area contributed by atoms with E-state index >= 15 is 0 Å². The van der Waals surface area contributed by atoms with Crippen molar-refractivity contribution in [2.45, 2.75) is 118 Å². The summed E-state index contributed by atoms with van der Waals surface area (Å²) in [6, 6.07) is 9.91. The summed E-state index contributed by atoms with van der Waals surface area (Å²) < 4.78 is 11.5. The molecule has 0 radical (unpaired) electrons. The van der Waals surface area contributed by atoms with E-state index in [1.54, 1.807) is 0 Å². The number of Topliss-reactive ketones (excluding diaryl/α,β-unsaturated/α-hetero) is 1. The van der Waals surface area contributed by atoms with Gasteiger partial charge in [-0.25, -0.2) is 4.79 Å². The van der Waals surface area contributed by atoms with Gasteiger partial charge in [0.1, 0.15) is 18.5 Å². The van der Waals surface area contributed by atoms with E-state index in [2.05, 4.69) is 27.7 Å². The lowest BCUT2D eigenvalue weighted by Crippen LogP contribution is -2.56. The zero-order valence-corrected chi connectivity index (χ0v) is 27.1. The average molecular weight is 592 g/mol. The molecular weight excluding hydrogens is 538 g/mol. The first kappa shape index (κ1) is 30.6. The summed E-state index contributed by atoms with van der Waals surface area (Å²) in [5.74, 6) is 3.07. The van der Waals surface area contributed by atoms with Gasteiger partial charge in [-0.15, -0.1) is 0 Å². The van der Waals surface area contributed by atoms with Gasteiger partial charge in [-0.05, 0) is 110 Å². The van der Waals surface area contributed by atoms with Crippen molar-refractivity contribution in [2.75, 3.05) is 6.54 Å². The van der Waals surface area contributed by atoms with Crippen LogP contribution < -0.4 is 0 Å². The fourth-order valence-electron chi connectivity index (χ4n) is 11.2. The van der Waals surface area contributed by atoms with E-state index < -0.39 is 0 Å². The number of likely N-dealkylation sites (tertiary alicyclic amines) is 1. The second kappa shape index (κ2) is 11.9. The number of hydrogen-bond donors (Lipinski definition) is 0. The number of carbonyl (C=O) groups excluding carboxylic acids is 3. The average Bonchev–Trinajstić information content (AvgIpc) is 3.25. The maximum atomic E-state index is 14.1. The first-order chi connectivity index (χ1) is 20.5. The summed E-state index contributed by atoms with van der Waals surface area (Å²) in [7, 11) is 0. The molecule has 0 bridgehead atoms. The highest BCUT2D eigenvalue weighted by Crippen LogP contribution is 2.68. The van der Waals surface area contributed by atoms with Crippen LogP contribution in [-0.4, -0.2) is 41.4 Å². The molecule has 1 heterocycles. The highest BCUT2D eigenvalue weighted by molar-refractivity contribution is 5.85. The molecule has 43 heavy (non-hydrogen) atoms. The third kappa shape index (κ3) is 5.54. The topological polar surface area (TPSA) is 72.9 Å². The van der Waals surface area contributed by atoms with E-state index in [1.807, 2.05) is 35.2 Å². The number of ketones is 1. The lowest BCUT2D eigenvalue weighted by Gasteiger charge is -2.61. The lowest BCUT2D eigenvalue weighted by molar-refractivity contribution is -0.161. The van der Waals surface area contributed by atoms with Crippen LogP contribution in [0.15, 0.2) is 30.3 Å². The van der Waals surface area contributed by atoms with Gasteiger partial charge in [0, 0.05) is 31.8 Å². The summed E-state index contributed by atoms with van der Waals surface area (Å²) >= 11 is 0. The quantitative estimate of drug-likeness (QED) is 0.326. The van der Waals surface area contributed by atoms with Crippen LogP contribution in [0.25, 0.3) is 0 Å². The van der Waals surface area contributed by atoms with Crippen LogP contribution in [0.3, 0.4) is 0 Å². The summed E-state index contributed by atoms with van der Waals surface area (Å²) in [6.45, 7) is 11.9. The molecule has 236 valence electrons. The molecule has 0 N–H and O–H groups in total. The number of hydrogen-bond acceptors (Lipinski definition) is 5. The molecule has 6 nitrogen and oxygen atoms in total. The number of ether oxygens (including phenoxy) is 2. The molecule has 1 saturated heterocycles. The van der Waals surface area contributed by atoms with Crippen LogP contribution in [0.4, 0.5) is 4.79 Å². The van der Waals surface area contributed by atoms with Crippen LogP contribution >= 0.6 is 0 Å². The fraction of sp³-hybridized carbons (Fsp3) is 0.757. The monoisotopic (exact) mass is 591 g/mol. The number of carbonyl (C=O) groups is 3. The normalized spacial score (nSPS) is 41.4. The number of esters is 1. The van der Waals surface area contributed by atoms with Gasteiger partial charge in [-0.3, -0.25) is 9.59 Å². The molecule has 6 heteroatoms. The molecule has 4 saturated carbocycles.